The molecule has 8 heteroatoms. The lowest BCUT2D eigenvalue weighted by Gasteiger charge is -2.32. The molecule has 0 radical (unpaired) electrons. The molecule has 1 fully saturated rings. The Balaban J connectivity index is 1.52. The van der Waals surface area contributed by atoms with E-state index in [2.05, 4.69) is 34.3 Å². The summed E-state index contributed by atoms with van der Waals surface area (Å²) in [5, 5.41) is 2.83. The number of nitrogens with one attached hydrogen (secondary N) is 1. The highest BCUT2D eigenvalue weighted by Gasteiger charge is 2.29. The maximum absolute atomic E-state index is 12.4. The fraction of sp³-hybridized carbons (Fsp3) is 0.381. The first kappa shape index (κ1) is 21.7. The summed E-state index contributed by atoms with van der Waals surface area (Å²) in [4.78, 5) is 17.1. The van der Waals surface area contributed by atoms with Gasteiger partial charge in [0.2, 0.25) is 0 Å². The van der Waals surface area contributed by atoms with Crippen LogP contribution in [0.4, 0.5) is 13.2 Å². The number of likely N-dealkylation sites (N-methyl/N-ethyl adjacent to an activating group) is 1. The van der Waals surface area contributed by atoms with Gasteiger partial charge in [0, 0.05) is 49.7 Å². The summed E-state index contributed by atoms with van der Waals surface area (Å²) in [6.07, 6.45) is 0. The molecule has 4 nitrogen and oxygen atoms in total. The third kappa shape index (κ3) is 7.06. The fourth-order valence-electron chi connectivity index (χ4n) is 3.19. The van der Waals surface area contributed by atoms with Crippen LogP contribution >= 0.6 is 11.8 Å². The third-order valence-corrected chi connectivity index (χ3v) is 5.54. The molecule has 0 aliphatic carbocycles. The summed E-state index contributed by atoms with van der Waals surface area (Å²) < 4.78 is 37.2. The molecule has 3 rings (SSSR count). The Morgan fingerprint density at radius 2 is 1.69 bits per heavy atom. The SMILES string of the molecule is CN1CCN(Cc2cccc(CNC(=O)c3ccc(SC(F)(F)F)cc3)c2)CC1. The molecular weight excluding hydrogens is 399 g/mol. The maximum Gasteiger partial charge on any atom is 0.446 e. The molecule has 1 saturated heterocycles. The smallest absolute Gasteiger partial charge is 0.348 e. The van der Waals surface area contributed by atoms with Gasteiger partial charge in [-0.25, -0.2) is 0 Å². The molecule has 0 saturated carbocycles. The zero-order chi connectivity index (χ0) is 20.9. The van der Waals surface area contributed by atoms with Crippen LogP contribution in [0.5, 0.6) is 0 Å². The molecule has 156 valence electrons. The summed E-state index contributed by atoms with van der Waals surface area (Å²) in [7, 11) is 2.13. The van der Waals surface area contributed by atoms with E-state index in [1.807, 2.05) is 12.1 Å². The van der Waals surface area contributed by atoms with Gasteiger partial charge < -0.3 is 10.2 Å². The van der Waals surface area contributed by atoms with Crippen LogP contribution in [0, 0.1) is 0 Å². The van der Waals surface area contributed by atoms with Crippen molar-refractivity contribution in [3.63, 3.8) is 0 Å². The van der Waals surface area contributed by atoms with Gasteiger partial charge in [0.1, 0.15) is 0 Å². The van der Waals surface area contributed by atoms with Gasteiger partial charge in [0.25, 0.3) is 5.91 Å². The predicted octanol–water partition coefficient (Wildman–Crippen LogP) is 3.98. The highest BCUT2D eigenvalue weighted by atomic mass is 32.2. The quantitative estimate of drug-likeness (QED) is 0.713. The Labute approximate surface area is 173 Å². The van der Waals surface area contributed by atoms with E-state index in [0.29, 0.717) is 12.1 Å². The summed E-state index contributed by atoms with van der Waals surface area (Å²) in [5.74, 6) is -0.307. The standard InChI is InChI=1S/C21H24F3N3OS/c1-26-9-11-27(12-10-26)15-17-4-2-3-16(13-17)14-25-20(28)18-5-7-19(8-6-18)29-21(22,23)24/h2-8,13H,9-12,14-15H2,1H3,(H,25,28). The number of hydrogen-bond acceptors (Lipinski definition) is 4. The zero-order valence-electron chi connectivity index (χ0n) is 16.2. The van der Waals surface area contributed by atoms with Crippen LogP contribution in [0.3, 0.4) is 0 Å². The lowest BCUT2D eigenvalue weighted by atomic mass is 10.1. The van der Waals surface area contributed by atoms with Crippen molar-refractivity contribution >= 4 is 17.7 Å². The number of thioether (sulfide) groups is 1. The Kier molecular flexibility index (Phi) is 7.21. The molecule has 1 heterocycles. The minimum atomic E-state index is -4.33. The molecule has 0 spiro atoms. The van der Waals surface area contributed by atoms with Crippen molar-refractivity contribution in [1.29, 1.82) is 0 Å². The van der Waals surface area contributed by atoms with Gasteiger partial charge >= 0.3 is 5.51 Å². The van der Waals surface area contributed by atoms with Gasteiger partial charge in [-0.1, -0.05) is 24.3 Å². The highest BCUT2D eigenvalue weighted by Crippen LogP contribution is 2.36. The first-order chi connectivity index (χ1) is 13.8. The molecule has 0 atom stereocenters. The number of amides is 1. The number of benzene rings is 2. The van der Waals surface area contributed by atoms with Crippen LogP contribution in [-0.2, 0) is 13.1 Å². The van der Waals surface area contributed by atoms with Crippen LogP contribution in [0.15, 0.2) is 53.4 Å². The molecule has 1 N–H and O–H groups in total. The number of alkyl halides is 3. The van der Waals surface area contributed by atoms with Crippen LogP contribution in [-0.4, -0.2) is 54.4 Å². The minimum Gasteiger partial charge on any atom is -0.348 e. The Bertz CT molecular complexity index is 819. The van der Waals surface area contributed by atoms with Crippen LogP contribution < -0.4 is 5.32 Å². The summed E-state index contributed by atoms with van der Waals surface area (Å²) >= 11 is -0.191. The normalized spacial score (nSPS) is 16.0. The van der Waals surface area contributed by atoms with Crippen molar-refractivity contribution < 1.29 is 18.0 Å². The lowest BCUT2D eigenvalue weighted by Crippen LogP contribution is -2.43. The Morgan fingerprint density at radius 1 is 1.03 bits per heavy atom. The van der Waals surface area contributed by atoms with Crippen LogP contribution in [0.2, 0.25) is 0 Å². The molecule has 0 bridgehead atoms. The van der Waals surface area contributed by atoms with Gasteiger partial charge in [-0.2, -0.15) is 13.2 Å². The minimum absolute atomic E-state index is 0.0608. The Morgan fingerprint density at radius 3 is 2.34 bits per heavy atom. The van der Waals surface area contributed by atoms with E-state index in [0.717, 1.165) is 38.3 Å². The van der Waals surface area contributed by atoms with E-state index in [4.69, 9.17) is 0 Å². The summed E-state index contributed by atoms with van der Waals surface area (Å²) in [5.41, 5.74) is -1.80. The summed E-state index contributed by atoms with van der Waals surface area (Å²) in [6.45, 7) is 5.47. The highest BCUT2D eigenvalue weighted by molar-refractivity contribution is 8.00. The molecule has 1 aliphatic heterocycles. The zero-order valence-corrected chi connectivity index (χ0v) is 17.0. The van der Waals surface area contributed by atoms with Gasteiger partial charge in [-0.15, -0.1) is 0 Å². The van der Waals surface area contributed by atoms with E-state index in [1.165, 1.54) is 29.8 Å². The molecule has 0 aromatic heterocycles. The van der Waals surface area contributed by atoms with Crippen molar-refractivity contribution in [1.82, 2.24) is 15.1 Å². The van der Waals surface area contributed by atoms with Crippen molar-refractivity contribution in [3.8, 4) is 0 Å². The number of carbonyl (C=O) groups excluding carboxylic acids is 1. The lowest BCUT2D eigenvalue weighted by molar-refractivity contribution is -0.0328. The summed E-state index contributed by atoms with van der Waals surface area (Å²) in [6, 6.07) is 13.5. The predicted molar refractivity (Wildman–Crippen MR) is 109 cm³/mol. The number of carbonyl (C=O) groups is 1. The first-order valence-corrected chi connectivity index (χ1v) is 10.2. The van der Waals surface area contributed by atoms with Crippen LogP contribution in [0.25, 0.3) is 0 Å². The van der Waals surface area contributed by atoms with Gasteiger partial charge in [-0.3, -0.25) is 9.69 Å². The maximum atomic E-state index is 12.4. The molecule has 1 aliphatic rings. The number of piperazine rings is 1. The second-order valence-electron chi connectivity index (χ2n) is 7.15. The average molecular weight is 424 g/mol. The fourth-order valence-corrected chi connectivity index (χ4v) is 3.73. The number of halogens is 3. The number of rotatable bonds is 6. The molecule has 2 aromatic carbocycles. The van der Waals surface area contributed by atoms with Crippen molar-refractivity contribution in [3.05, 3.63) is 65.2 Å². The molecule has 0 unspecified atom stereocenters. The topological polar surface area (TPSA) is 35.6 Å². The van der Waals surface area contributed by atoms with Gasteiger partial charge in [-0.05, 0) is 54.2 Å². The van der Waals surface area contributed by atoms with E-state index < -0.39 is 5.51 Å². The van der Waals surface area contributed by atoms with Crippen molar-refractivity contribution in [2.45, 2.75) is 23.5 Å². The monoisotopic (exact) mass is 423 g/mol. The first-order valence-electron chi connectivity index (χ1n) is 9.41. The van der Waals surface area contributed by atoms with Gasteiger partial charge in [0.05, 0.1) is 0 Å². The number of nitrogens with zero attached hydrogens (tertiary/aromatic N) is 2. The van der Waals surface area contributed by atoms with E-state index >= 15 is 0 Å². The van der Waals surface area contributed by atoms with E-state index in [1.54, 1.807) is 0 Å². The molecule has 1 amide bonds. The largest absolute Gasteiger partial charge is 0.446 e. The Hall–Kier alpha value is -2.03. The number of hydrogen-bond donors (Lipinski definition) is 1. The molecule has 2 aromatic rings. The molecule has 29 heavy (non-hydrogen) atoms. The van der Waals surface area contributed by atoms with Crippen molar-refractivity contribution in [2.24, 2.45) is 0 Å². The molecular formula is C21H24F3N3OS. The second-order valence-corrected chi connectivity index (χ2v) is 8.29. The van der Waals surface area contributed by atoms with Crippen molar-refractivity contribution in [2.75, 3.05) is 33.2 Å². The van der Waals surface area contributed by atoms with E-state index in [9.17, 15) is 18.0 Å². The van der Waals surface area contributed by atoms with E-state index in [-0.39, 0.29) is 22.6 Å². The van der Waals surface area contributed by atoms with Gasteiger partial charge in [0.15, 0.2) is 0 Å². The van der Waals surface area contributed by atoms with Crippen LogP contribution in [0.1, 0.15) is 21.5 Å². The average Bonchev–Trinajstić information content (AvgIpc) is 2.68. The second kappa shape index (κ2) is 9.65. The third-order valence-electron chi connectivity index (χ3n) is 4.80.